The van der Waals surface area contributed by atoms with Gasteiger partial charge in [0.05, 0.1) is 22.0 Å². The molecule has 2 aromatic carbocycles. The molecular weight excluding hydrogens is 488 g/mol. The van der Waals surface area contributed by atoms with E-state index < -0.39 is 25.8 Å². The molecule has 0 fully saturated rings. The Bertz CT molecular complexity index is 1510. The molecule has 0 atom stereocenters. The van der Waals surface area contributed by atoms with E-state index in [1.165, 1.54) is 10.7 Å². The molecule has 0 bridgehead atoms. The van der Waals surface area contributed by atoms with E-state index in [1.807, 2.05) is 6.07 Å². The van der Waals surface area contributed by atoms with Crippen molar-refractivity contribution in [1.82, 2.24) is 19.6 Å². The summed E-state index contributed by atoms with van der Waals surface area (Å²) < 4.78 is 30.6. The monoisotopic (exact) mass is 504 g/mol. The maximum Gasteiger partial charge on any atom is 0.296 e. The quantitative estimate of drug-likeness (QED) is 0.388. The molecule has 0 unspecified atom stereocenters. The number of nitrogens with zero attached hydrogens (tertiary/aromatic N) is 4. The number of carbonyl (C=O) groups is 1. The Morgan fingerprint density at radius 1 is 1.06 bits per heavy atom. The number of anilines is 2. The number of halogens is 1. The normalized spacial score (nSPS) is 11.4. The van der Waals surface area contributed by atoms with Crippen LogP contribution in [0.15, 0.2) is 63.7 Å². The first-order chi connectivity index (χ1) is 15.7. The van der Waals surface area contributed by atoms with E-state index in [4.69, 9.17) is 11.6 Å². The van der Waals surface area contributed by atoms with Crippen LogP contribution in [0.2, 0.25) is 5.02 Å². The summed E-state index contributed by atoms with van der Waals surface area (Å²) in [7, 11) is -2.59. The number of nitrogens with one attached hydrogen (secondary N) is 2. The lowest BCUT2D eigenvalue weighted by atomic mass is 10.2. The molecule has 10 nitrogen and oxygen atoms in total. The second kappa shape index (κ2) is 8.81. The second-order valence-corrected chi connectivity index (χ2v) is 10.1. The van der Waals surface area contributed by atoms with E-state index in [0.29, 0.717) is 22.7 Å². The molecule has 4 rings (SSSR count). The van der Waals surface area contributed by atoms with Gasteiger partial charge < -0.3 is 0 Å². The molecule has 0 saturated heterocycles. The van der Waals surface area contributed by atoms with Gasteiger partial charge in [0, 0.05) is 7.05 Å². The summed E-state index contributed by atoms with van der Waals surface area (Å²) >= 11 is 6.65. The molecule has 2 N–H and O–H groups in total. The predicted octanol–water partition coefficient (Wildman–Crippen LogP) is 3.04. The van der Waals surface area contributed by atoms with Crippen molar-refractivity contribution in [3.8, 4) is 5.69 Å². The van der Waals surface area contributed by atoms with E-state index in [2.05, 4.69) is 20.2 Å². The lowest BCUT2D eigenvalue weighted by Crippen LogP contribution is -2.23. The van der Waals surface area contributed by atoms with Crippen molar-refractivity contribution in [3.05, 3.63) is 81.2 Å². The van der Waals surface area contributed by atoms with Crippen LogP contribution < -0.4 is 15.6 Å². The van der Waals surface area contributed by atoms with Crippen LogP contribution in [0.5, 0.6) is 0 Å². The van der Waals surface area contributed by atoms with Crippen LogP contribution in [-0.2, 0) is 17.1 Å². The molecular formula is C20H17ClN6O4S2. The van der Waals surface area contributed by atoms with E-state index in [1.54, 1.807) is 61.1 Å². The number of carbonyl (C=O) groups excluding carboxylic acids is 1. The van der Waals surface area contributed by atoms with E-state index in [-0.39, 0.29) is 21.4 Å². The fourth-order valence-electron chi connectivity index (χ4n) is 3.04. The molecule has 4 aromatic rings. The highest BCUT2D eigenvalue weighted by Gasteiger charge is 2.26. The van der Waals surface area contributed by atoms with Gasteiger partial charge in [0.1, 0.15) is 5.69 Å². The topological polar surface area (TPSA) is 128 Å². The van der Waals surface area contributed by atoms with Crippen molar-refractivity contribution < 1.29 is 13.2 Å². The number of rotatable bonds is 6. The molecule has 0 aliphatic rings. The van der Waals surface area contributed by atoms with Gasteiger partial charge >= 0.3 is 0 Å². The minimum atomic E-state index is -4.24. The highest BCUT2D eigenvalue weighted by molar-refractivity contribution is 7.94. The van der Waals surface area contributed by atoms with Gasteiger partial charge in [-0.2, -0.15) is 8.42 Å². The maximum absolute atomic E-state index is 13.0. The number of para-hydroxylation sites is 1. The minimum Gasteiger partial charge on any atom is -0.296 e. The number of sulfonamides is 1. The van der Waals surface area contributed by atoms with Crippen molar-refractivity contribution in [2.45, 2.75) is 11.3 Å². The molecule has 0 aliphatic heterocycles. The Balaban J connectivity index is 1.60. The number of hydrogen-bond donors (Lipinski definition) is 2. The molecule has 2 heterocycles. The molecule has 13 heteroatoms. The summed E-state index contributed by atoms with van der Waals surface area (Å²) in [6.45, 7) is 1.62. The number of aromatic nitrogens is 4. The molecule has 2 aromatic heterocycles. The molecule has 0 aliphatic carbocycles. The summed E-state index contributed by atoms with van der Waals surface area (Å²) in [5, 5.41) is 10.1. The molecule has 0 saturated carbocycles. The Morgan fingerprint density at radius 3 is 2.42 bits per heavy atom. The zero-order chi connectivity index (χ0) is 23.8. The van der Waals surface area contributed by atoms with Crippen molar-refractivity contribution in [1.29, 1.82) is 0 Å². The Hall–Kier alpha value is -3.48. The Kier molecular flexibility index (Phi) is 6.06. The van der Waals surface area contributed by atoms with Crippen molar-refractivity contribution in [2.75, 3.05) is 10.0 Å². The zero-order valence-corrected chi connectivity index (χ0v) is 19.7. The van der Waals surface area contributed by atoms with Crippen LogP contribution in [0.4, 0.5) is 10.8 Å². The molecule has 1 amide bonds. The number of hydrogen-bond acceptors (Lipinski definition) is 7. The molecule has 33 heavy (non-hydrogen) atoms. The summed E-state index contributed by atoms with van der Waals surface area (Å²) in [4.78, 5) is 25.4. The summed E-state index contributed by atoms with van der Waals surface area (Å²) in [5.74, 6) is -0.557. The van der Waals surface area contributed by atoms with Crippen LogP contribution in [0.25, 0.3) is 5.69 Å². The third kappa shape index (κ3) is 4.40. The lowest BCUT2D eigenvalue weighted by molar-refractivity contribution is 0.102. The fraction of sp³-hybridized carbons (Fsp3) is 0.100. The third-order valence-electron chi connectivity index (χ3n) is 4.77. The summed E-state index contributed by atoms with van der Waals surface area (Å²) in [6.07, 6.45) is 0. The van der Waals surface area contributed by atoms with E-state index >= 15 is 0 Å². The molecule has 0 radical (unpaired) electrons. The van der Waals surface area contributed by atoms with Crippen LogP contribution in [0.1, 0.15) is 16.1 Å². The van der Waals surface area contributed by atoms with Crippen molar-refractivity contribution in [2.24, 2.45) is 7.05 Å². The smallest absolute Gasteiger partial charge is 0.296 e. The molecule has 0 spiro atoms. The number of benzene rings is 2. The largest absolute Gasteiger partial charge is 0.296 e. The van der Waals surface area contributed by atoms with Gasteiger partial charge in [0.2, 0.25) is 5.13 Å². The predicted molar refractivity (Wildman–Crippen MR) is 126 cm³/mol. The average Bonchev–Trinajstić information content (AvgIpc) is 3.34. The van der Waals surface area contributed by atoms with Gasteiger partial charge in [-0.05, 0) is 31.2 Å². The fourth-order valence-corrected chi connectivity index (χ4v) is 5.28. The van der Waals surface area contributed by atoms with Gasteiger partial charge in [-0.25, -0.2) is 4.68 Å². The maximum atomic E-state index is 13.0. The van der Waals surface area contributed by atoms with Crippen LogP contribution in [0.3, 0.4) is 0 Å². The van der Waals surface area contributed by atoms with E-state index in [9.17, 15) is 18.0 Å². The van der Waals surface area contributed by atoms with Gasteiger partial charge in [-0.3, -0.25) is 24.3 Å². The van der Waals surface area contributed by atoms with Gasteiger partial charge in [0.15, 0.2) is 0 Å². The second-order valence-electron chi connectivity index (χ2n) is 6.85. The highest BCUT2D eigenvalue weighted by Crippen LogP contribution is 2.24. The van der Waals surface area contributed by atoms with Crippen molar-refractivity contribution in [3.63, 3.8) is 0 Å². The van der Waals surface area contributed by atoms with Gasteiger partial charge in [0.25, 0.3) is 25.8 Å². The Labute approximate surface area is 197 Å². The van der Waals surface area contributed by atoms with Crippen molar-refractivity contribution >= 4 is 49.7 Å². The van der Waals surface area contributed by atoms with Crippen LogP contribution in [0, 0.1) is 6.92 Å². The average molecular weight is 505 g/mol. The van der Waals surface area contributed by atoms with E-state index in [0.717, 1.165) is 0 Å². The SMILES string of the molecule is Cc1c(NS(=O)(=O)c2nnc(NC(=O)c3ccccc3Cl)s2)c(=O)n(-c2ccccc2)n1C. The van der Waals surface area contributed by atoms with Gasteiger partial charge in [-0.15, -0.1) is 10.2 Å². The van der Waals surface area contributed by atoms with Crippen LogP contribution >= 0.6 is 22.9 Å². The first kappa shape index (κ1) is 22.7. The standard InChI is InChI=1S/C20H17ClN6O4S2/c1-12-16(18(29)27(26(12)2)13-8-4-3-5-9-13)25-33(30,31)20-24-23-19(32-20)22-17(28)14-10-6-7-11-15(14)21/h3-11,25H,1-2H3,(H,22,23,28). The summed E-state index contributed by atoms with van der Waals surface area (Å²) in [6, 6.07) is 15.2. The lowest BCUT2D eigenvalue weighted by Gasteiger charge is -2.07. The Morgan fingerprint density at radius 2 is 1.73 bits per heavy atom. The number of amides is 1. The minimum absolute atomic E-state index is 0.0354. The van der Waals surface area contributed by atoms with Gasteiger partial charge in [-0.1, -0.05) is 53.3 Å². The van der Waals surface area contributed by atoms with Crippen LogP contribution in [-0.4, -0.2) is 33.9 Å². The highest BCUT2D eigenvalue weighted by atomic mass is 35.5. The zero-order valence-electron chi connectivity index (χ0n) is 17.3. The first-order valence-electron chi connectivity index (χ1n) is 9.45. The molecule has 170 valence electrons. The summed E-state index contributed by atoms with van der Waals surface area (Å²) in [5.41, 5.74) is 0.543. The third-order valence-corrected chi connectivity index (χ3v) is 7.65. The first-order valence-corrected chi connectivity index (χ1v) is 12.1.